The maximum absolute atomic E-state index is 4.51. The van der Waals surface area contributed by atoms with Gasteiger partial charge in [-0.2, -0.15) is 0 Å². The summed E-state index contributed by atoms with van der Waals surface area (Å²) in [7, 11) is 2.20. The van der Waals surface area contributed by atoms with Crippen molar-refractivity contribution in [2.45, 2.75) is 58.0 Å². The fourth-order valence-corrected chi connectivity index (χ4v) is 2.89. The van der Waals surface area contributed by atoms with E-state index in [0.29, 0.717) is 0 Å². The molecule has 0 aliphatic heterocycles. The third kappa shape index (κ3) is 6.50. The summed E-state index contributed by atoms with van der Waals surface area (Å²) >= 11 is 1.75. The van der Waals surface area contributed by atoms with E-state index in [1.807, 2.05) is 0 Å². The van der Waals surface area contributed by atoms with Gasteiger partial charge in [-0.3, -0.25) is 0 Å². The highest BCUT2D eigenvalue weighted by Gasteiger charge is 2.19. The summed E-state index contributed by atoms with van der Waals surface area (Å²) in [5.41, 5.74) is 1.22. The molecule has 1 aromatic heterocycles. The first-order valence-electron chi connectivity index (χ1n) is 7.57. The molecule has 1 saturated carbocycles. The van der Waals surface area contributed by atoms with E-state index >= 15 is 0 Å². The molecule has 0 saturated heterocycles. The highest BCUT2D eigenvalue weighted by molar-refractivity contribution is 7.09. The van der Waals surface area contributed by atoms with Gasteiger partial charge in [0.25, 0.3) is 0 Å². The monoisotopic (exact) mass is 281 g/mol. The van der Waals surface area contributed by atoms with Crippen LogP contribution in [0.3, 0.4) is 0 Å². The largest absolute Gasteiger partial charge is 0.314 e. The standard InChI is InChI=1S/C15H27N3S/c1-13-17-15(12-19-13)11-18(2)10-6-4-3-5-9-16-14-7-8-14/h12,14,16H,3-11H2,1-2H3. The minimum Gasteiger partial charge on any atom is -0.314 e. The number of thiazole rings is 1. The van der Waals surface area contributed by atoms with Crippen molar-refractivity contribution in [1.29, 1.82) is 0 Å². The molecule has 2 rings (SSSR count). The Labute approximate surface area is 121 Å². The Morgan fingerprint density at radius 3 is 2.79 bits per heavy atom. The van der Waals surface area contributed by atoms with Crippen LogP contribution < -0.4 is 5.32 Å². The molecule has 0 bridgehead atoms. The normalized spacial score (nSPS) is 15.3. The van der Waals surface area contributed by atoms with Crippen LogP contribution in [-0.2, 0) is 6.54 Å². The minimum atomic E-state index is 0.868. The fourth-order valence-electron chi connectivity index (χ4n) is 2.29. The molecule has 3 nitrogen and oxygen atoms in total. The van der Waals surface area contributed by atoms with E-state index in [4.69, 9.17) is 0 Å². The molecular formula is C15H27N3S. The van der Waals surface area contributed by atoms with Crippen LogP contribution in [0.4, 0.5) is 0 Å². The van der Waals surface area contributed by atoms with Gasteiger partial charge < -0.3 is 10.2 Å². The van der Waals surface area contributed by atoms with Gasteiger partial charge >= 0.3 is 0 Å². The molecule has 1 aromatic rings. The first kappa shape index (κ1) is 14.9. The van der Waals surface area contributed by atoms with Gasteiger partial charge in [-0.1, -0.05) is 12.8 Å². The van der Waals surface area contributed by atoms with Crippen LogP contribution in [0.2, 0.25) is 0 Å². The van der Waals surface area contributed by atoms with E-state index in [1.165, 1.54) is 62.3 Å². The Morgan fingerprint density at radius 2 is 2.11 bits per heavy atom. The summed E-state index contributed by atoms with van der Waals surface area (Å²) in [5.74, 6) is 0. The van der Waals surface area contributed by atoms with Gasteiger partial charge in [0.05, 0.1) is 10.7 Å². The smallest absolute Gasteiger partial charge is 0.0897 e. The Bertz CT molecular complexity index is 360. The van der Waals surface area contributed by atoms with Gasteiger partial charge in [-0.05, 0) is 52.7 Å². The quantitative estimate of drug-likeness (QED) is 0.668. The van der Waals surface area contributed by atoms with Crippen molar-refractivity contribution in [2.24, 2.45) is 0 Å². The van der Waals surface area contributed by atoms with Crippen molar-refractivity contribution >= 4 is 11.3 Å². The lowest BCUT2D eigenvalue weighted by Gasteiger charge is -2.14. The number of nitrogens with zero attached hydrogens (tertiary/aromatic N) is 2. The lowest BCUT2D eigenvalue weighted by atomic mass is 10.2. The fraction of sp³-hybridized carbons (Fsp3) is 0.800. The van der Waals surface area contributed by atoms with E-state index in [-0.39, 0.29) is 0 Å². The number of nitrogens with one attached hydrogen (secondary N) is 1. The summed E-state index contributed by atoms with van der Waals surface area (Å²) in [6, 6.07) is 0.868. The first-order valence-corrected chi connectivity index (χ1v) is 8.45. The Hall–Kier alpha value is -0.450. The van der Waals surface area contributed by atoms with Gasteiger partial charge in [0.15, 0.2) is 0 Å². The maximum atomic E-state index is 4.51. The van der Waals surface area contributed by atoms with E-state index in [0.717, 1.165) is 12.6 Å². The van der Waals surface area contributed by atoms with Crippen LogP contribution in [0.5, 0.6) is 0 Å². The third-order valence-electron chi connectivity index (χ3n) is 3.58. The predicted molar refractivity (Wildman–Crippen MR) is 82.7 cm³/mol. The summed E-state index contributed by atoms with van der Waals surface area (Å²) in [6.45, 7) is 5.47. The molecule has 0 unspecified atom stereocenters. The Balaban J connectivity index is 1.43. The molecule has 1 fully saturated rings. The van der Waals surface area contributed by atoms with E-state index in [1.54, 1.807) is 11.3 Å². The lowest BCUT2D eigenvalue weighted by molar-refractivity contribution is 0.313. The van der Waals surface area contributed by atoms with Crippen LogP contribution in [0.25, 0.3) is 0 Å². The molecule has 1 aliphatic rings. The number of aromatic nitrogens is 1. The second-order valence-electron chi connectivity index (χ2n) is 5.74. The average Bonchev–Trinajstić information content (AvgIpc) is 3.11. The van der Waals surface area contributed by atoms with Crippen molar-refractivity contribution in [3.05, 3.63) is 16.1 Å². The van der Waals surface area contributed by atoms with Crippen LogP contribution in [0.1, 0.15) is 49.2 Å². The molecule has 0 spiro atoms. The second-order valence-corrected chi connectivity index (χ2v) is 6.80. The van der Waals surface area contributed by atoms with Crippen molar-refractivity contribution in [1.82, 2.24) is 15.2 Å². The molecule has 0 radical (unpaired) electrons. The molecule has 0 atom stereocenters. The molecule has 0 amide bonds. The van der Waals surface area contributed by atoms with Crippen molar-refractivity contribution in [2.75, 3.05) is 20.1 Å². The van der Waals surface area contributed by atoms with Gasteiger partial charge in [0, 0.05) is 18.0 Å². The number of aryl methyl sites for hydroxylation is 1. The molecule has 1 aliphatic carbocycles. The lowest BCUT2D eigenvalue weighted by Crippen LogP contribution is -2.19. The molecule has 0 aromatic carbocycles. The molecular weight excluding hydrogens is 254 g/mol. The first-order chi connectivity index (χ1) is 9.24. The van der Waals surface area contributed by atoms with Crippen LogP contribution in [0, 0.1) is 6.92 Å². The Morgan fingerprint density at radius 1 is 1.32 bits per heavy atom. The van der Waals surface area contributed by atoms with Gasteiger partial charge in [-0.25, -0.2) is 4.98 Å². The summed E-state index contributed by atoms with van der Waals surface area (Å²) in [4.78, 5) is 6.90. The second kappa shape index (κ2) is 7.98. The molecule has 1 N–H and O–H groups in total. The number of rotatable bonds is 10. The third-order valence-corrected chi connectivity index (χ3v) is 4.40. The van der Waals surface area contributed by atoms with E-state index < -0.39 is 0 Å². The highest BCUT2D eigenvalue weighted by atomic mass is 32.1. The summed E-state index contributed by atoms with van der Waals surface area (Å²) in [6.07, 6.45) is 8.17. The molecule has 19 heavy (non-hydrogen) atoms. The van der Waals surface area contributed by atoms with Crippen LogP contribution >= 0.6 is 11.3 Å². The zero-order chi connectivity index (χ0) is 13.5. The Kier molecular flexibility index (Phi) is 6.28. The summed E-state index contributed by atoms with van der Waals surface area (Å²) < 4.78 is 0. The minimum absolute atomic E-state index is 0.868. The van der Waals surface area contributed by atoms with Crippen molar-refractivity contribution in [3.8, 4) is 0 Å². The maximum Gasteiger partial charge on any atom is 0.0897 e. The average molecular weight is 281 g/mol. The molecule has 1 heterocycles. The van der Waals surface area contributed by atoms with E-state index in [9.17, 15) is 0 Å². The van der Waals surface area contributed by atoms with Gasteiger partial charge in [0.1, 0.15) is 0 Å². The van der Waals surface area contributed by atoms with Crippen molar-refractivity contribution < 1.29 is 0 Å². The van der Waals surface area contributed by atoms with Gasteiger partial charge in [0.2, 0.25) is 0 Å². The molecule has 4 heteroatoms. The topological polar surface area (TPSA) is 28.2 Å². The zero-order valence-corrected chi connectivity index (χ0v) is 13.1. The summed E-state index contributed by atoms with van der Waals surface area (Å²) in [5, 5.41) is 6.92. The highest BCUT2D eigenvalue weighted by Crippen LogP contribution is 2.18. The van der Waals surface area contributed by atoms with Gasteiger partial charge in [-0.15, -0.1) is 11.3 Å². The zero-order valence-electron chi connectivity index (χ0n) is 12.3. The van der Waals surface area contributed by atoms with Crippen molar-refractivity contribution in [3.63, 3.8) is 0 Å². The SMILES string of the molecule is Cc1nc(CN(C)CCCCCCNC2CC2)cs1. The molecule has 108 valence electrons. The van der Waals surface area contributed by atoms with Crippen LogP contribution in [0.15, 0.2) is 5.38 Å². The number of hydrogen-bond acceptors (Lipinski definition) is 4. The predicted octanol–water partition coefficient (Wildman–Crippen LogP) is 3.20. The number of unbranched alkanes of at least 4 members (excludes halogenated alkanes) is 3. The van der Waals surface area contributed by atoms with Crippen LogP contribution in [-0.4, -0.2) is 36.1 Å². The number of hydrogen-bond donors (Lipinski definition) is 1. The van der Waals surface area contributed by atoms with E-state index in [2.05, 4.69) is 34.6 Å².